The number of fused-ring (bicyclic) bond motifs is 1. The Morgan fingerprint density at radius 2 is 2.33 bits per heavy atom. The monoisotopic (exact) mass is 205 g/mol. The first kappa shape index (κ1) is 10.0. The summed E-state index contributed by atoms with van der Waals surface area (Å²) < 4.78 is 0. The predicted molar refractivity (Wildman–Crippen MR) is 59.4 cm³/mol. The van der Waals surface area contributed by atoms with Crippen LogP contribution in [0.1, 0.15) is 24.0 Å². The lowest BCUT2D eigenvalue weighted by Crippen LogP contribution is -2.23. The Labute approximate surface area is 89.3 Å². The molecule has 1 atom stereocenters. The van der Waals surface area contributed by atoms with Crippen LogP contribution < -0.4 is 4.90 Å². The lowest BCUT2D eigenvalue weighted by atomic mass is 10.00. The Bertz CT molecular complexity index is 401. The summed E-state index contributed by atoms with van der Waals surface area (Å²) in [5.74, 6) is -1.09. The van der Waals surface area contributed by atoms with Crippen molar-refractivity contribution in [1.82, 2.24) is 0 Å². The number of carboxylic acid groups (broad SMARTS) is 1. The molecule has 0 spiro atoms. The van der Waals surface area contributed by atoms with Gasteiger partial charge >= 0.3 is 5.97 Å². The third kappa shape index (κ3) is 1.58. The van der Waals surface area contributed by atoms with Crippen LogP contribution in [0.15, 0.2) is 18.2 Å². The average molecular weight is 205 g/mol. The van der Waals surface area contributed by atoms with Crippen LogP contribution in [0.25, 0.3) is 0 Å². The van der Waals surface area contributed by atoms with Gasteiger partial charge in [-0.3, -0.25) is 4.79 Å². The number of aryl methyl sites for hydroxylation is 1. The van der Waals surface area contributed by atoms with Gasteiger partial charge in [0.05, 0.1) is 0 Å². The molecule has 0 amide bonds. The number of aliphatic carboxylic acids is 1. The Balaban J connectivity index is 2.47. The van der Waals surface area contributed by atoms with Crippen LogP contribution in [-0.2, 0) is 4.79 Å². The fourth-order valence-corrected chi connectivity index (χ4v) is 2.17. The number of anilines is 1. The van der Waals surface area contributed by atoms with Gasteiger partial charge in [-0.2, -0.15) is 0 Å². The molecule has 1 aliphatic heterocycles. The molecule has 3 heteroatoms. The van der Waals surface area contributed by atoms with E-state index >= 15 is 0 Å². The van der Waals surface area contributed by atoms with Crippen molar-refractivity contribution in [1.29, 1.82) is 0 Å². The SMILES string of the molecule is CCN1CC(C(=O)O)c2cc(C)ccc21. The summed E-state index contributed by atoms with van der Waals surface area (Å²) in [5.41, 5.74) is 3.16. The first-order valence-electron chi connectivity index (χ1n) is 5.21. The normalized spacial score (nSPS) is 19.1. The van der Waals surface area contributed by atoms with Gasteiger partial charge in [-0.25, -0.2) is 0 Å². The summed E-state index contributed by atoms with van der Waals surface area (Å²) in [4.78, 5) is 13.2. The van der Waals surface area contributed by atoms with Gasteiger partial charge in [0, 0.05) is 18.8 Å². The van der Waals surface area contributed by atoms with Gasteiger partial charge in [0.1, 0.15) is 5.92 Å². The smallest absolute Gasteiger partial charge is 0.312 e. The number of carbonyl (C=O) groups is 1. The number of carboxylic acids is 1. The van der Waals surface area contributed by atoms with Crippen molar-refractivity contribution in [2.75, 3.05) is 18.0 Å². The van der Waals surface area contributed by atoms with Crippen LogP contribution in [0.2, 0.25) is 0 Å². The zero-order valence-electron chi connectivity index (χ0n) is 9.03. The second-order valence-electron chi connectivity index (χ2n) is 3.99. The molecule has 0 saturated carbocycles. The summed E-state index contributed by atoms with van der Waals surface area (Å²) >= 11 is 0. The molecule has 1 heterocycles. The second-order valence-corrected chi connectivity index (χ2v) is 3.99. The lowest BCUT2D eigenvalue weighted by molar-refractivity contribution is -0.138. The van der Waals surface area contributed by atoms with Crippen molar-refractivity contribution in [3.63, 3.8) is 0 Å². The van der Waals surface area contributed by atoms with E-state index in [0.29, 0.717) is 6.54 Å². The van der Waals surface area contributed by atoms with Crippen molar-refractivity contribution in [3.05, 3.63) is 29.3 Å². The Morgan fingerprint density at radius 1 is 1.60 bits per heavy atom. The minimum Gasteiger partial charge on any atom is -0.481 e. The predicted octanol–water partition coefficient (Wildman–Crippen LogP) is 2.00. The summed E-state index contributed by atoms with van der Waals surface area (Å²) in [6, 6.07) is 6.05. The molecular formula is C12H15NO2. The summed E-state index contributed by atoms with van der Waals surface area (Å²) in [6.45, 7) is 5.51. The highest BCUT2D eigenvalue weighted by molar-refractivity contribution is 5.83. The van der Waals surface area contributed by atoms with Gasteiger partial charge in [0.15, 0.2) is 0 Å². The van der Waals surface area contributed by atoms with Crippen LogP contribution in [0.3, 0.4) is 0 Å². The van der Waals surface area contributed by atoms with Crippen molar-refractivity contribution in [3.8, 4) is 0 Å². The number of benzene rings is 1. The first-order chi connectivity index (χ1) is 7.13. The molecule has 1 unspecified atom stereocenters. The highest BCUT2D eigenvalue weighted by Gasteiger charge is 2.32. The van der Waals surface area contributed by atoms with Crippen molar-refractivity contribution in [2.45, 2.75) is 19.8 Å². The minimum atomic E-state index is -0.724. The zero-order chi connectivity index (χ0) is 11.0. The van der Waals surface area contributed by atoms with Crippen LogP contribution >= 0.6 is 0 Å². The zero-order valence-corrected chi connectivity index (χ0v) is 9.03. The van der Waals surface area contributed by atoms with Gasteiger partial charge < -0.3 is 10.0 Å². The van der Waals surface area contributed by atoms with E-state index in [4.69, 9.17) is 5.11 Å². The number of nitrogens with zero attached hydrogens (tertiary/aromatic N) is 1. The summed E-state index contributed by atoms with van der Waals surface area (Å²) in [5, 5.41) is 9.14. The van der Waals surface area contributed by atoms with Crippen LogP contribution in [0.5, 0.6) is 0 Å². The van der Waals surface area contributed by atoms with E-state index in [1.807, 2.05) is 32.0 Å². The maximum Gasteiger partial charge on any atom is 0.312 e. The third-order valence-corrected chi connectivity index (χ3v) is 2.98. The Kier molecular flexibility index (Phi) is 2.39. The van der Waals surface area contributed by atoms with E-state index in [1.165, 1.54) is 0 Å². The molecule has 1 aromatic carbocycles. The first-order valence-corrected chi connectivity index (χ1v) is 5.21. The molecule has 0 aromatic heterocycles. The van der Waals surface area contributed by atoms with Crippen molar-refractivity contribution in [2.24, 2.45) is 0 Å². The molecule has 0 aliphatic carbocycles. The molecule has 0 radical (unpaired) electrons. The fraction of sp³-hybridized carbons (Fsp3) is 0.417. The van der Waals surface area contributed by atoms with Gasteiger partial charge in [-0.15, -0.1) is 0 Å². The number of hydrogen-bond donors (Lipinski definition) is 1. The molecule has 15 heavy (non-hydrogen) atoms. The lowest BCUT2D eigenvalue weighted by Gasteiger charge is -2.16. The van der Waals surface area contributed by atoms with E-state index in [1.54, 1.807) is 0 Å². The quantitative estimate of drug-likeness (QED) is 0.802. The minimum absolute atomic E-state index is 0.361. The van der Waals surface area contributed by atoms with Crippen LogP contribution in [-0.4, -0.2) is 24.2 Å². The van der Waals surface area contributed by atoms with Gasteiger partial charge in [0.2, 0.25) is 0 Å². The molecular weight excluding hydrogens is 190 g/mol. The van der Waals surface area contributed by atoms with Crippen molar-refractivity contribution >= 4 is 11.7 Å². The summed E-state index contributed by atoms with van der Waals surface area (Å²) in [7, 11) is 0. The van der Waals surface area contributed by atoms with Crippen molar-refractivity contribution < 1.29 is 9.90 Å². The maximum absolute atomic E-state index is 11.1. The topological polar surface area (TPSA) is 40.5 Å². The van der Waals surface area contributed by atoms with Gasteiger partial charge in [-0.05, 0) is 25.5 Å². The molecule has 80 valence electrons. The fourth-order valence-electron chi connectivity index (χ4n) is 2.17. The van der Waals surface area contributed by atoms with E-state index < -0.39 is 5.97 Å². The van der Waals surface area contributed by atoms with E-state index in [0.717, 1.165) is 23.4 Å². The maximum atomic E-state index is 11.1. The molecule has 0 fully saturated rings. The third-order valence-electron chi connectivity index (χ3n) is 2.98. The average Bonchev–Trinajstić information content (AvgIpc) is 2.55. The van der Waals surface area contributed by atoms with E-state index in [9.17, 15) is 4.79 Å². The number of likely N-dealkylation sites (N-methyl/N-ethyl adjacent to an activating group) is 1. The molecule has 1 aromatic rings. The molecule has 3 nitrogen and oxygen atoms in total. The van der Waals surface area contributed by atoms with Crippen LogP contribution in [0.4, 0.5) is 5.69 Å². The molecule has 1 N–H and O–H groups in total. The van der Waals surface area contributed by atoms with E-state index in [-0.39, 0.29) is 5.92 Å². The Morgan fingerprint density at radius 3 is 2.93 bits per heavy atom. The largest absolute Gasteiger partial charge is 0.481 e. The molecule has 1 aliphatic rings. The van der Waals surface area contributed by atoms with Gasteiger partial charge in [-0.1, -0.05) is 17.7 Å². The second kappa shape index (κ2) is 3.57. The van der Waals surface area contributed by atoms with Gasteiger partial charge in [0.25, 0.3) is 0 Å². The summed E-state index contributed by atoms with van der Waals surface area (Å²) in [6.07, 6.45) is 0. The molecule has 2 rings (SSSR count). The molecule has 0 bridgehead atoms. The van der Waals surface area contributed by atoms with Crippen LogP contribution in [0, 0.1) is 6.92 Å². The highest BCUT2D eigenvalue weighted by atomic mass is 16.4. The van der Waals surface area contributed by atoms with E-state index in [2.05, 4.69) is 4.90 Å². The number of rotatable bonds is 2. The molecule has 0 saturated heterocycles. The number of hydrogen-bond acceptors (Lipinski definition) is 2. The standard InChI is InChI=1S/C12H15NO2/c1-3-13-7-10(12(14)15)9-6-8(2)4-5-11(9)13/h4-6,10H,3,7H2,1-2H3,(H,14,15). The Hall–Kier alpha value is -1.51. The highest BCUT2D eigenvalue weighted by Crippen LogP contribution is 2.36.